The number of carbonyl (C=O) groups excluding carboxylic acids is 1. The number of hydrogen-bond donors (Lipinski definition) is 0. The molecule has 0 saturated heterocycles. The summed E-state index contributed by atoms with van der Waals surface area (Å²) in [6, 6.07) is 10.8. The first kappa shape index (κ1) is 19.1. The van der Waals surface area contributed by atoms with Crippen LogP contribution in [-0.2, 0) is 14.3 Å². The van der Waals surface area contributed by atoms with E-state index in [-0.39, 0.29) is 17.8 Å². The highest BCUT2D eigenvalue weighted by atomic mass is 35.5. The summed E-state index contributed by atoms with van der Waals surface area (Å²) in [5.74, 6) is -0.517. The van der Waals surface area contributed by atoms with Gasteiger partial charge < -0.3 is 9.47 Å². The molecule has 1 unspecified atom stereocenters. The number of nitriles is 1. The Kier molecular flexibility index (Phi) is 5.59. The van der Waals surface area contributed by atoms with Crippen molar-refractivity contribution >= 4 is 35.1 Å². The van der Waals surface area contributed by atoms with Crippen LogP contribution in [0.5, 0.6) is 0 Å². The maximum atomic E-state index is 12.6. The first-order valence-electron chi connectivity index (χ1n) is 8.26. The van der Waals surface area contributed by atoms with E-state index in [1.54, 1.807) is 49.0 Å². The number of carbonyl (C=O) groups is 1. The molecule has 2 aromatic rings. The summed E-state index contributed by atoms with van der Waals surface area (Å²) >= 11 is 12.2. The molecular formula is C20H16Cl2N2O3. The van der Waals surface area contributed by atoms with Gasteiger partial charge in [-0.25, -0.2) is 4.79 Å². The van der Waals surface area contributed by atoms with Gasteiger partial charge in [-0.15, -0.1) is 0 Å². The number of rotatable bonds is 4. The minimum Gasteiger partial charge on any atom is -0.463 e. The maximum absolute atomic E-state index is 12.6. The molecule has 5 nitrogen and oxygen atoms in total. The number of nitrogens with zero attached hydrogens (tertiary/aromatic N) is 2. The summed E-state index contributed by atoms with van der Waals surface area (Å²) < 4.78 is 12.8. The highest BCUT2D eigenvalue weighted by Crippen LogP contribution is 2.43. The summed E-state index contributed by atoms with van der Waals surface area (Å²) in [7, 11) is 0. The zero-order valence-corrected chi connectivity index (χ0v) is 16.2. The highest BCUT2D eigenvalue weighted by Gasteiger charge is 2.37. The second kappa shape index (κ2) is 7.91. The van der Waals surface area contributed by atoms with Gasteiger partial charge in [0.15, 0.2) is 0 Å². The van der Waals surface area contributed by atoms with Crippen LogP contribution in [0.4, 0.5) is 0 Å². The molecule has 0 N–H and O–H groups in total. The maximum Gasteiger partial charge on any atom is 0.338 e. The molecule has 0 fully saturated rings. The van der Waals surface area contributed by atoms with Crippen molar-refractivity contribution in [1.82, 2.24) is 4.57 Å². The van der Waals surface area contributed by atoms with Gasteiger partial charge in [0.05, 0.1) is 28.1 Å². The van der Waals surface area contributed by atoms with Crippen molar-refractivity contribution in [3.05, 3.63) is 75.2 Å². The molecule has 0 aliphatic carbocycles. The lowest BCUT2D eigenvalue weighted by Crippen LogP contribution is -2.24. The van der Waals surface area contributed by atoms with Crippen LogP contribution >= 0.6 is 23.2 Å². The number of allylic oxidation sites excluding steroid dienone is 2. The predicted molar refractivity (Wildman–Crippen MR) is 103 cm³/mol. The van der Waals surface area contributed by atoms with Crippen LogP contribution in [0.3, 0.4) is 0 Å². The van der Waals surface area contributed by atoms with E-state index in [2.05, 4.69) is 6.07 Å². The Bertz CT molecular complexity index is 985. The highest BCUT2D eigenvalue weighted by molar-refractivity contribution is 6.42. The summed E-state index contributed by atoms with van der Waals surface area (Å²) in [5.41, 5.74) is 1.19. The fraction of sp³-hybridized carbons (Fsp3) is 0.200. The van der Waals surface area contributed by atoms with Crippen LogP contribution in [0, 0.1) is 11.3 Å². The van der Waals surface area contributed by atoms with Gasteiger partial charge in [-0.05, 0) is 43.7 Å². The van der Waals surface area contributed by atoms with Crippen LogP contribution in [0.1, 0.15) is 25.3 Å². The lowest BCUT2D eigenvalue weighted by atomic mass is 9.83. The van der Waals surface area contributed by atoms with E-state index in [0.717, 1.165) is 0 Å². The quantitative estimate of drug-likeness (QED) is 0.664. The second-order valence-corrected chi connectivity index (χ2v) is 6.63. The summed E-state index contributed by atoms with van der Waals surface area (Å²) in [4.78, 5) is 12.6. The monoisotopic (exact) mass is 402 g/mol. The third-order valence-corrected chi connectivity index (χ3v) is 4.91. The van der Waals surface area contributed by atoms with Gasteiger partial charge in [0.2, 0.25) is 5.88 Å². The SMILES string of the molecule is CCOC(=O)C1=C(C)OC(n2cccc2)=C(C#N)C1c1ccc(Cl)c(Cl)c1. The van der Waals surface area contributed by atoms with E-state index in [0.29, 0.717) is 27.3 Å². The van der Waals surface area contributed by atoms with Crippen LogP contribution < -0.4 is 0 Å². The van der Waals surface area contributed by atoms with Crippen molar-refractivity contribution in [2.75, 3.05) is 6.61 Å². The van der Waals surface area contributed by atoms with Gasteiger partial charge in [0.1, 0.15) is 17.4 Å². The molecule has 2 heterocycles. The Morgan fingerprint density at radius 1 is 1.30 bits per heavy atom. The number of aromatic nitrogens is 1. The van der Waals surface area contributed by atoms with E-state index < -0.39 is 11.9 Å². The molecule has 1 aromatic heterocycles. The van der Waals surface area contributed by atoms with E-state index in [1.165, 1.54) is 0 Å². The molecule has 138 valence electrons. The molecule has 1 aliphatic rings. The van der Waals surface area contributed by atoms with Gasteiger partial charge in [-0.1, -0.05) is 29.3 Å². The number of ether oxygens (including phenoxy) is 2. The number of esters is 1. The summed E-state index contributed by atoms with van der Waals surface area (Å²) in [6.07, 6.45) is 3.53. The molecule has 0 amide bonds. The van der Waals surface area contributed by atoms with E-state index >= 15 is 0 Å². The average Bonchev–Trinajstić information content (AvgIpc) is 3.17. The fourth-order valence-electron chi connectivity index (χ4n) is 3.00. The van der Waals surface area contributed by atoms with E-state index in [9.17, 15) is 10.1 Å². The molecule has 3 rings (SSSR count). The Labute approximate surface area is 167 Å². The largest absolute Gasteiger partial charge is 0.463 e. The summed E-state index contributed by atoms with van der Waals surface area (Å²) in [6.45, 7) is 3.60. The number of benzene rings is 1. The van der Waals surface area contributed by atoms with Crippen molar-refractivity contribution in [3.63, 3.8) is 0 Å². The molecule has 0 spiro atoms. The van der Waals surface area contributed by atoms with Crippen LogP contribution in [0.15, 0.2) is 59.6 Å². The minimum absolute atomic E-state index is 0.208. The molecule has 1 atom stereocenters. The first-order chi connectivity index (χ1) is 13.0. The van der Waals surface area contributed by atoms with Crippen molar-refractivity contribution in [2.45, 2.75) is 19.8 Å². The Morgan fingerprint density at radius 3 is 2.59 bits per heavy atom. The second-order valence-electron chi connectivity index (χ2n) is 5.82. The minimum atomic E-state index is -0.685. The van der Waals surface area contributed by atoms with E-state index in [4.69, 9.17) is 32.7 Å². The van der Waals surface area contributed by atoms with Crippen molar-refractivity contribution in [3.8, 4) is 6.07 Å². The smallest absolute Gasteiger partial charge is 0.338 e. The van der Waals surface area contributed by atoms with Crippen LogP contribution in [0.25, 0.3) is 5.88 Å². The van der Waals surface area contributed by atoms with Gasteiger partial charge in [-0.2, -0.15) is 5.26 Å². The molecule has 1 aromatic carbocycles. The molecule has 0 saturated carbocycles. The topological polar surface area (TPSA) is 64.2 Å². The van der Waals surface area contributed by atoms with Gasteiger partial charge in [0.25, 0.3) is 0 Å². The molecule has 1 aliphatic heterocycles. The average molecular weight is 403 g/mol. The standard InChI is InChI=1S/C20H16Cl2N2O3/c1-3-26-20(25)17-12(2)27-19(24-8-4-5-9-24)14(11-23)18(17)13-6-7-15(21)16(22)10-13/h4-10,18H,3H2,1-2H3. The van der Waals surface area contributed by atoms with Crippen LogP contribution in [-0.4, -0.2) is 17.1 Å². The summed E-state index contributed by atoms with van der Waals surface area (Å²) in [5, 5.41) is 10.6. The molecular weight excluding hydrogens is 387 g/mol. The van der Waals surface area contributed by atoms with Crippen molar-refractivity contribution in [2.24, 2.45) is 0 Å². The van der Waals surface area contributed by atoms with Crippen molar-refractivity contribution in [1.29, 1.82) is 5.26 Å². The lowest BCUT2D eigenvalue weighted by molar-refractivity contribution is -0.139. The van der Waals surface area contributed by atoms with Gasteiger partial charge in [-0.3, -0.25) is 4.57 Å². The Balaban J connectivity index is 2.24. The third kappa shape index (κ3) is 3.59. The molecule has 7 heteroatoms. The molecule has 0 bridgehead atoms. The first-order valence-corrected chi connectivity index (χ1v) is 9.01. The number of hydrogen-bond acceptors (Lipinski definition) is 4. The Hall–Kier alpha value is -2.68. The molecule has 0 radical (unpaired) electrons. The lowest BCUT2D eigenvalue weighted by Gasteiger charge is -2.28. The van der Waals surface area contributed by atoms with Crippen LogP contribution in [0.2, 0.25) is 10.0 Å². The third-order valence-electron chi connectivity index (χ3n) is 4.17. The predicted octanol–water partition coefficient (Wildman–Crippen LogP) is 5.14. The zero-order valence-electron chi connectivity index (χ0n) is 14.7. The normalized spacial score (nSPS) is 16.8. The number of halogens is 2. The van der Waals surface area contributed by atoms with E-state index in [1.807, 2.05) is 12.1 Å². The Morgan fingerprint density at radius 2 is 2.00 bits per heavy atom. The van der Waals surface area contributed by atoms with Gasteiger partial charge >= 0.3 is 5.97 Å². The van der Waals surface area contributed by atoms with Gasteiger partial charge in [0, 0.05) is 12.4 Å². The molecule has 27 heavy (non-hydrogen) atoms. The van der Waals surface area contributed by atoms with Crippen molar-refractivity contribution < 1.29 is 14.3 Å². The fourth-order valence-corrected chi connectivity index (χ4v) is 3.30. The zero-order chi connectivity index (χ0) is 19.6.